The van der Waals surface area contributed by atoms with E-state index in [4.69, 9.17) is 5.41 Å². The van der Waals surface area contributed by atoms with Gasteiger partial charge in [-0.15, -0.1) is 0 Å². The first kappa shape index (κ1) is 15.0. The fourth-order valence-electron chi connectivity index (χ4n) is 1.62. The number of nitro groups is 1. The molecule has 7 heteroatoms. The van der Waals surface area contributed by atoms with Crippen LogP contribution in [-0.4, -0.2) is 23.6 Å². The molecule has 2 N–H and O–H groups in total. The van der Waals surface area contributed by atoms with Crippen LogP contribution in [0.4, 0.5) is 20.2 Å². The lowest BCUT2D eigenvalue weighted by atomic mass is 10.0. The van der Waals surface area contributed by atoms with Crippen molar-refractivity contribution >= 4 is 17.1 Å². The number of nitrogens with zero attached hydrogens (tertiary/aromatic N) is 1. The largest absolute Gasteiger partial charge is 0.379 e. The Morgan fingerprint density at radius 2 is 2.21 bits per heavy atom. The lowest BCUT2D eigenvalue weighted by Gasteiger charge is -2.12. The number of nitro benzene ring substituents is 1. The van der Waals surface area contributed by atoms with Gasteiger partial charge in [0.25, 0.3) is 12.1 Å². The van der Waals surface area contributed by atoms with Crippen molar-refractivity contribution in [1.82, 2.24) is 0 Å². The summed E-state index contributed by atoms with van der Waals surface area (Å²) in [5, 5.41) is 21.1. The maximum atomic E-state index is 12.2. The summed E-state index contributed by atoms with van der Waals surface area (Å²) in [5.41, 5.74) is 0.669. The third kappa shape index (κ3) is 4.27. The van der Waals surface area contributed by atoms with Crippen LogP contribution in [-0.2, 0) is 0 Å². The van der Waals surface area contributed by atoms with Gasteiger partial charge < -0.3 is 10.7 Å². The number of nitrogens with one attached hydrogen (secondary N) is 2. The molecule has 0 saturated heterocycles. The molecule has 0 unspecified atom stereocenters. The summed E-state index contributed by atoms with van der Waals surface area (Å²) in [6.45, 7) is 1.32. The highest BCUT2D eigenvalue weighted by molar-refractivity contribution is 6.03. The van der Waals surface area contributed by atoms with Gasteiger partial charge in [-0.25, -0.2) is 8.78 Å². The predicted octanol–water partition coefficient (Wildman–Crippen LogP) is 3.44. The molecule has 0 bridgehead atoms. The molecule has 0 amide bonds. The highest BCUT2D eigenvalue weighted by atomic mass is 19.3. The van der Waals surface area contributed by atoms with Crippen LogP contribution in [0.2, 0.25) is 0 Å². The zero-order valence-corrected chi connectivity index (χ0v) is 10.5. The highest BCUT2D eigenvalue weighted by Crippen LogP contribution is 2.24. The van der Waals surface area contributed by atoms with Gasteiger partial charge in [-0.1, -0.05) is 13.3 Å². The second-order valence-corrected chi connectivity index (χ2v) is 3.99. The number of hydrogen-bond donors (Lipinski definition) is 2. The zero-order valence-electron chi connectivity index (χ0n) is 10.5. The van der Waals surface area contributed by atoms with Crippen LogP contribution in [0.25, 0.3) is 0 Å². The Bertz CT molecular complexity index is 478. The molecular weight excluding hydrogens is 256 g/mol. The summed E-state index contributed by atoms with van der Waals surface area (Å²) in [6.07, 6.45) is -1.39. The molecule has 0 fully saturated rings. The van der Waals surface area contributed by atoms with E-state index in [1.165, 1.54) is 18.2 Å². The first-order chi connectivity index (χ1) is 8.95. The van der Waals surface area contributed by atoms with Gasteiger partial charge in [0.1, 0.15) is 0 Å². The minimum atomic E-state index is -2.52. The first-order valence-electron chi connectivity index (χ1n) is 5.84. The van der Waals surface area contributed by atoms with Crippen molar-refractivity contribution in [2.75, 3.05) is 11.9 Å². The van der Waals surface area contributed by atoms with Gasteiger partial charge in [-0.2, -0.15) is 0 Å². The summed E-state index contributed by atoms with van der Waals surface area (Å²) in [6, 6.07) is 3.84. The lowest BCUT2D eigenvalue weighted by Crippen LogP contribution is -2.13. The van der Waals surface area contributed by atoms with Crippen molar-refractivity contribution in [3.8, 4) is 0 Å². The van der Waals surface area contributed by atoms with Crippen molar-refractivity contribution in [2.45, 2.75) is 26.2 Å². The molecule has 0 aliphatic rings. The van der Waals surface area contributed by atoms with Crippen molar-refractivity contribution in [2.24, 2.45) is 0 Å². The molecule has 0 spiro atoms. The molecule has 19 heavy (non-hydrogen) atoms. The van der Waals surface area contributed by atoms with Crippen LogP contribution in [0.5, 0.6) is 0 Å². The van der Waals surface area contributed by atoms with E-state index in [1.54, 1.807) is 0 Å². The Kier molecular flexibility index (Phi) is 5.35. The standard InChI is InChI=1S/C12H15F2N3O2/c1-2-3-10(15)9-6-8(17(18)19)4-5-11(9)16-7-12(13)14/h4-6,12,15-16H,2-3,7H2,1H3. The van der Waals surface area contributed by atoms with E-state index in [9.17, 15) is 18.9 Å². The van der Waals surface area contributed by atoms with E-state index in [-0.39, 0.29) is 11.4 Å². The van der Waals surface area contributed by atoms with Crippen LogP contribution >= 0.6 is 0 Å². The van der Waals surface area contributed by atoms with Crippen molar-refractivity contribution in [1.29, 1.82) is 5.41 Å². The third-order valence-electron chi connectivity index (χ3n) is 2.49. The van der Waals surface area contributed by atoms with Crippen LogP contribution in [0.1, 0.15) is 25.3 Å². The van der Waals surface area contributed by atoms with E-state index in [1.807, 2.05) is 6.92 Å². The summed E-state index contributed by atoms with van der Waals surface area (Å²) in [4.78, 5) is 10.1. The van der Waals surface area contributed by atoms with Crippen LogP contribution in [0.3, 0.4) is 0 Å². The number of non-ortho nitro benzene ring substituents is 1. The molecule has 1 rings (SSSR count). The fraction of sp³-hybridized carbons (Fsp3) is 0.417. The van der Waals surface area contributed by atoms with Gasteiger partial charge in [-0.3, -0.25) is 10.1 Å². The summed E-state index contributed by atoms with van der Waals surface area (Å²) in [5.74, 6) is 0. The van der Waals surface area contributed by atoms with E-state index < -0.39 is 17.9 Å². The van der Waals surface area contributed by atoms with Gasteiger partial charge in [0.15, 0.2) is 0 Å². The number of benzene rings is 1. The third-order valence-corrected chi connectivity index (χ3v) is 2.49. The van der Waals surface area contributed by atoms with Crippen LogP contribution < -0.4 is 5.32 Å². The highest BCUT2D eigenvalue weighted by Gasteiger charge is 2.14. The van der Waals surface area contributed by atoms with E-state index >= 15 is 0 Å². The number of halogens is 2. The lowest BCUT2D eigenvalue weighted by molar-refractivity contribution is -0.384. The normalized spacial score (nSPS) is 10.5. The van der Waals surface area contributed by atoms with E-state index in [0.29, 0.717) is 24.1 Å². The van der Waals surface area contributed by atoms with Crippen molar-refractivity contribution in [3.63, 3.8) is 0 Å². The SMILES string of the molecule is CCCC(=N)c1cc([N+](=O)[O-])ccc1NCC(F)F. The van der Waals surface area contributed by atoms with Gasteiger partial charge in [-0.05, 0) is 12.5 Å². The van der Waals surface area contributed by atoms with Crippen LogP contribution in [0.15, 0.2) is 18.2 Å². The van der Waals surface area contributed by atoms with E-state index in [0.717, 1.165) is 0 Å². The molecule has 0 aromatic heterocycles. The van der Waals surface area contributed by atoms with Gasteiger partial charge in [0.05, 0.1) is 11.5 Å². The fourth-order valence-corrected chi connectivity index (χ4v) is 1.62. The first-order valence-corrected chi connectivity index (χ1v) is 5.84. The molecular formula is C12H15F2N3O2. The zero-order chi connectivity index (χ0) is 14.4. The Morgan fingerprint density at radius 1 is 1.53 bits per heavy atom. The van der Waals surface area contributed by atoms with Crippen molar-refractivity contribution in [3.05, 3.63) is 33.9 Å². The molecule has 104 valence electrons. The molecule has 0 saturated carbocycles. The Balaban J connectivity index is 3.07. The molecule has 0 aliphatic carbocycles. The topological polar surface area (TPSA) is 79.0 Å². The average Bonchev–Trinajstić information content (AvgIpc) is 2.36. The molecule has 1 aromatic rings. The molecule has 1 aromatic carbocycles. The maximum absolute atomic E-state index is 12.2. The van der Waals surface area contributed by atoms with Crippen molar-refractivity contribution < 1.29 is 13.7 Å². The number of alkyl halides is 2. The average molecular weight is 271 g/mol. The minimum absolute atomic E-state index is 0.154. The molecule has 0 heterocycles. The smallest absolute Gasteiger partial charge is 0.270 e. The molecule has 0 aliphatic heterocycles. The number of hydrogen-bond acceptors (Lipinski definition) is 4. The quantitative estimate of drug-likeness (QED) is 0.453. The molecule has 0 atom stereocenters. The minimum Gasteiger partial charge on any atom is -0.379 e. The summed E-state index contributed by atoms with van der Waals surface area (Å²) < 4.78 is 24.4. The number of rotatable bonds is 7. The number of anilines is 1. The van der Waals surface area contributed by atoms with Gasteiger partial charge in [0, 0.05) is 29.1 Å². The Hall–Kier alpha value is -2.05. The second kappa shape index (κ2) is 6.77. The molecule has 0 radical (unpaired) electrons. The monoisotopic (exact) mass is 271 g/mol. The van der Waals surface area contributed by atoms with Crippen LogP contribution in [0, 0.1) is 15.5 Å². The van der Waals surface area contributed by atoms with Gasteiger partial charge >= 0.3 is 0 Å². The molecule has 5 nitrogen and oxygen atoms in total. The predicted molar refractivity (Wildman–Crippen MR) is 69.3 cm³/mol. The maximum Gasteiger partial charge on any atom is 0.270 e. The van der Waals surface area contributed by atoms with E-state index in [2.05, 4.69) is 5.32 Å². The Morgan fingerprint density at radius 3 is 2.74 bits per heavy atom. The Labute approximate surface area is 109 Å². The summed E-state index contributed by atoms with van der Waals surface area (Å²) >= 11 is 0. The second-order valence-electron chi connectivity index (χ2n) is 3.99. The van der Waals surface area contributed by atoms with Gasteiger partial charge in [0.2, 0.25) is 0 Å². The summed E-state index contributed by atoms with van der Waals surface area (Å²) in [7, 11) is 0.